The minimum atomic E-state index is -4.39. The van der Waals surface area contributed by atoms with Gasteiger partial charge in [-0.25, -0.2) is 0 Å². The van der Waals surface area contributed by atoms with E-state index in [0.29, 0.717) is 6.42 Å². The van der Waals surface area contributed by atoms with Gasteiger partial charge in [-0.1, -0.05) is 18.2 Å². The molecule has 1 aromatic carbocycles. The topological polar surface area (TPSA) is 46.9 Å². The second-order valence-electron chi connectivity index (χ2n) is 7.16. The molecule has 26 heavy (non-hydrogen) atoms. The van der Waals surface area contributed by atoms with Gasteiger partial charge in [-0.15, -0.1) is 0 Å². The van der Waals surface area contributed by atoms with E-state index in [2.05, 4.69) is 10.4 Å². The molecule has 1 fully saturated rings. The molecule has 0 saturated heterocycles. The van der Waals surface area contributed by atoms with Crippen LogP contribution in [-0.4, -0.2) is 15.7 Å². The smallest absolute Gasteiger partial charge is 0.349 e. The van der Waals surface area contributed by atoms with E-state index < -0.39 is 11.7 Å². The van der Waals surface area contributed by atoms with Crippen molar-refractivity contribution < 1.29 is 18.0 Å². The molecule has 0 radical (unpaired) electrons. The summed E-state index contributed by atoms with van der Waals surface area (Å²) in [5.74, 6) is -0.904. The third-order valence-electron chi connectivity index (χ3n) is 5.49. The fraction of sp³-hybridized carbons (Fsp3) is 0.474. The van der Waals surface area contributed by atoms with Crippen molar-refractivity contribution in [3.8, 4) is 0 Å². The summed E-state index contributed by atoms with van der Waals surface area (Å²) in [6.45, 7) is 0. The second-order valence-corrected chi connectivity index (χ2v) is 7.16. The van der Waals surface area contributed by atoms with Gasteiger partial charge < -0.3 is 5.32 Å². The van der Waals surface area contributed by atoms with Crippen molar-refractivity contribution in [1.29, 1.82) is 0 Å². The fourth-order valence-corrected chi connectivity index (χ4v) is 4.04. The first-order valence-corrected chi connectivity index (χ1v) is 8.83. The van der Waals surface area contributed by atoms with Crippen LogP contribution in [0.2, 0.25) is 0 Å². The Balaban J connectivity index is 1.48. The zero-order valence-electron chi connectivity index (χ0n) is 14.4. The molecule has 0 unspecified atom stereocenters. The number of aryl methyl sites for hydroxylation is 1. The van der Waals surface area contributed by atoms with Crippen LogP contribution in [0.25, 0.3) is 0 Å². The molecule has 4 rings (SSSR count). The zero-order valence-corrected chi connectivity index (χ0v) is 14.4. The highest BCUT2D eigenvalue weighted by Crippen LogP contribution is 2.51. The largest absolute Gasteiger partial charge is 0.416 e. The molecule has 0 aliphatic heterocycles. The molecule has 4 nitrogen and oxygen atoms in total. The number of aromatic nitrogens is 2. The van der Waals surface area contributed by atoms with Crippen LogP contribution in [0.1, 0.15) is 53.6 Å². The van der Waals surface area contributed by atoms with Crippen molar-refractivity contribution in [3.63, 3.8) is 0 Å². The molecule has 3 atom stereocenters. The number of benzene rings is 1. The monoisotopic (exact) mass is 363 g/mol. The molecular formula is C19H20F3N3O. The van der Waals surface area contributed by atoms with Crippen LogP contribution in [0.3, 0.4) is 0 Å². The SMILES string of the molecule is Cn1ncc2c1CCC[C@@H]2NC(=O)[C@@H]1C[C@@H]1c1ccccc1C(F)(F)F. The van der Waals surface area contributed by atoms with Crippen molar-refractivity contribution in [2.24, 2.45) is 13.0 Å². The van der Waals surface area contributed by atoms with E-state index in [4.69, 9.17) is 0 Å². The number of carbonyl (C=O) groups is 1. The van der Waals surface area contributed by atoms with Crippen molar-refractivity contribution in [2.45, 2.75) is 43.8 Å². The lowest BCUT2D eigenvalue weighted by molar-refractivity contribution is -0.138. The van der Waals surface area contributed by atoms with Crippen LogP contribution in [0.4, 0.5) is 13.2 Å². The average Bonchev–Trinajstić information content (AvgIpc) is 3.32. The highest BCUT2D eigenvalue weighted by molar-refractivity contribution is 5.83. The summed E-state index contributed by atoms with van der Waals surface area (Å²) in [4.78, 5) is 12.6. The van der Waals surface area contributed by atoms with Gasteiger partial charge in [0.15, 0.2) is 0 Å². The Hall–Kier alpha value is -2.31. The molecule has 1 aromatic heterocycles. The van der Waals surface area contributed by atoms with Crippen molar-refractivity contribution in [1.82, 2.24) is 15.1 Å². The maximum atomic E-state index is 13.2. The Morgan fingerprint density at radius 2 is 2.04 bits per heavy atom. The van der Waals surface area contributed by atoms with Gasteiger partial charge in [-0.3, -0.25) is 9.48 Å². The Bertz CT molecular complexity index is 843. The van der Waals surface area contributed by atoms with Crippen molar-refractivity contribution in [2.75, 3.05) is 0 Å². The van der Waals surface area contributed by atoms with E-state index in [1.54, 1.807) is 12.3 Å². The number of rotatable bonds is 3. The maximum Gasteiger partial charge on any atom is 0.416 e. The highest BCUT2D eigenvalue weighted by atomic mass is 19.4. The van der Waals surface area contributed by atoms with Crippen molar-refractivity contribution >= 4 is 5.91 Å². The number of fused-ring (bicyclic) bond motifs is 1. The maximum absolute atomic E-state index is 13.2. The van der Waals surface area contributed by atoms with Gasteiger partial charge in [-0.2, -0.15) is 18.3 Å². The molecule has 2 aromatic rings. The lowest BCUT2D eigenvalue weighted by Gasteiger charge is -2.24. The third kappa shape index (κ3) is 2.99. The molecule has 138 valence electrons. The van der Waals surface area contributed by atoms with E-state index in [1.807, 2.05) is 11.7 Å². The van der Waals surface area contributed by atoms with Gasteiger partial charge in [-0.05, 0) is 43.2 Å². The summed E-state index contributed by atoms with van der Waals surface area (Å²) >= 11 is 0. The Morgan fingerprint density at radius 1 is 1.27 bits per heavy atom. The van der Waals surface area contributed by atoms with E-state index in [1.165, 1.54) is 12.1 Å². The molecule has 1 heterocycles. The number of alkyl halides is 3. The standard InChI is InChI=1S/C19H20F3N3O/c1-25-17-8-4-7-16(14(17)10-23-25)24-18(26)13-9-12(13)11-5-2-3-6-15(11)19(20,21)22/h2-3,5-6,10,12-13,16H,4,7-9H2,1H3,(H,24,26)/t12-,13-,16+/m1/s1. The number of hydrogen-bond acceptors (Lipinski definition) is 2. The van der Waals surface area contributed by atoms with E-state index in [-0.39, 0.29) is 29.3 Å². The normalized spacial score (nSPS) is 24.8. The number of amides is 1. The first-order chi connectivity index (χ1) is 12.4. The number of nitrogens with zero attached hydrogens (tertiary/aromatic N) is 2. The first-order valence-electron chi connectivity index (χ1n) is 8.83. The predicted molar refractivity (Wildman–Crippen MR) is 89.3 cm³/mol. The number of carbonyl (C=O) groups excluding carboxylic acids is 1. The van der Waals surface area contributed by atoms with Crippen LogP contribution < -0.4 is 5.32 Å². The lowest BCUT2D eigenvalue weighted by Crippen LogP contribution is -2.32. The summed E-state index contributed by atoms with van der Waals surface area (Å²) in [6, 6.07) is 5.46. The molecule has 1 saturated carbocycles. The Labute approximate surface area is 149 Å². The van der Waals surface area contributed by atoms with Gasteiger partial charge >= 0.3 is 6.18 Å². The van der Waals surface area contributed by atoms with Gasteiger partial charge in [0.2, 0.25) is 5.91 Å². The molecule has 2 aliphatic carbocycles. The molecule has 1 N–H and O–H groups in total. The van der Waals surface area contributed by atoms with E-state index >= 15 is 0 Å². The number of halogens is 3. The Morgan fingerprint density at radius 3 is 2.81 bits per heavy atom. The molecule has 7 heteroatoms. The first kappa shape index (κ1) is 17.1. The zero-order chi connectivity index (χ0) is 18.5. The van der Waals surface area contributed by atoms with Crippen LogP contribution in [-0.2, 0) is 24.4 Å². The highest BCUT2D eigenvalue weighted by Gasteiger charge is 2.48. The van der Waals surface area contributed by atoms with Crippen LogP contribution in [0.15, 0.2) is 30.5 Å². The van der Waals surface area contributed by atoms with Crippen LogP contribution in [0.5, 0.6) is 0 Å². The van der Waals surface area contributed by atoms with Gasteiger partial charge in [0, 0.05) is 24.2 Å². The number of hydrogen-bond donors (Lipinski definition) is 1. The summed E-state index contributed by atoms with van der Waals surface area (Å²) in [6.07, 6.45) is 0.579. The summed E-state index contributed by atoms with van der Waals surface area (Å²) < 4.78 is 41.4. The quantitative estimate of drug-likeness (QED) is 0.903. The average molecular weight is 363 g/mol. The predicted octanol–water partition coefficient (Wildman–Crippen LogP) is 3.74. The van der Waals surface area contributed by atoms with E-state index in [9.17, 15) is 18.0 Å². The molecule has 2 aliphatic rings. The number of nitrogens with one attached hydrogen (secondary N) is 1. The molecule has 1 amide bonds. The lowest BCUT2D eigenvalue weighted by atomic mass is 9.92. The van der Waals surface area contributed by atoms with Crippen molar-refractivity contribution in [3.05, 3.63) is 52.8 Å². The van der Waals surface area contributed by atoms with Gasteiger partial charge in [0.1, 0.15) is 0 Å². The summed E-state index contributed by atoms with van der Waals surface area (Å²) in [5.41, 5.74) is 1.75. The second kappa shape index (κ2) is 6.14. The van der Waals surface area contributed by atoms with E-state index in [0.717, 1.165) is 36.6 Å². The minimum absolute atomic E-state index is 0.0981. The van der Waals surface area contributed by atoms with Gasteiger partial charge in [0.25, 0.3) is 0 Å². The van der Waals surface area contributed by atoms with Gasteiger partial charge in [0.05, 0.1) is 17.8 Å². The third-order valence-corrected chi connectivity index (χ3v) is 5.49. The van der Waals surface area contributed by atoms with Crippen LogP contribution in [0, 0.1) is 5.92 Å². The molecule has 0 bridgehead atoms. The fourth-order valence-electron chi connectivity index (χ4n) is 4.04. The molecule has 0 spiro atoms. The Kier molecular flexibility index (Phi) is 4.04. The molecular weight excluding hydrogens is 343 g/mol. The summed E-state index contributed by atoms with van der Waals surface area (Å²) in [7, 11) is 1.88. The minimum Gasteiger partial charge on any atom is -0.349 e. The summed E-state index contributed by atoms with van der Waals surface area (Å²) in [5, 5.41) is 7.29. The van der Waals surface area contributed by atoms with Crippen LogP contribution >= 0.6 is 0 Å².